The Balaban J connectivity index is 1.70. The van der Waals surface area contributed by atoms with Gasteiger partial charge in [0.2, 0.25) is 5.91 Å². The zero-order valence-electron chi connectivity index (χ0n) is 12.8. The number of hydrazone groups is 1. The van der Waals surface area contributed by atoms with Gasteiger partial charge in [-0.3, -0.25) is 14.7 Å². The second-order valence-corrected chi connectivity index (χ2v) is 5.76. The van der Waals surface area contributed by atoms with E-state index < -0.39 is 0 Å². The number of aromatic nitrogens is 2. The number of likely N-dealkylation sites (tertiary alicyclic amines) is 1. The van der Waals surface area contributed by atoms with Crippen LogP contribution in [0.5, 0.6) is 0 Å². The van der Waals surface area contributed by atoms with Gasteiger partial charge in [-0.15, -0.1) is 0 Å². The molecule has 1 aromatic heterocycles. The van der Waals surface area contributed by atoms with Crippen molar-refractivity contribution in [3.63, 3.8) is 0 Å². The number of aromatic amines is 1. The normalized spacial score (nSPS) is 22.7. The van der Waals surface area contributed by atoms with E-state index in [1.807, 2.05) is 17.9 Å². The van der Waals surface area contributed by atoms with Crippen LogP contribution in [-0.4, -0.2) is 57.3 Å². The van der Waals surface area contributed by atoms with Gasteiger partial charge >= 0.3 is 0 Å². The number of H-pyrrole nitrogens is 1. The van der Waals surface area contributed by atoms with Crippen molar-refractivity contribution in [2.24, 2.45) is 5.10 Å². The Morgan fingerprint density at radius 3 is 3.05 bits per heavy atom. The number of rotatable bonds is 3. The van der Waals surface area contributed by atoms with Gasteiger partial charge in [0.05, 0.1) is 0 Å². The summed E-state index contributed by atoms with van der Waals surface area (Å²) in [6.07, 6.45) is 4.58. The zero-order valence-corrected chi connectivity index (χ0v) is 12.8. The van der Waals surface area contributed by atoms with E-state index in [0.29, 0.717) is 37.6 Å². The van der Waals surface area contributed by atoms with Crippen LogP contribution >= 0.6 is 0 Å². The standard InChI is InChI=1S/C15H21N5O2/c1-2-20-14(21)6-5-13(18-20)15(22)19-9-3-4-11(10-19)12-7-8-16-17-12/h7-8,11H,2-6,9-10H2,1H3,(H,16,17)/t11-/m1/s1. The summed E-state index contributed by atoms with van der Waals surface area (Å²) in [7, 11) is 0. The predicted octanol–water partition coefficient (Wildman–Crippen LogP) is 1.11. The lowest BCUT2D eigenvalue weighted by molar-refractivity contribution is -0.132. The lowest BCUT2D eigenvalue weighted by Crippen LogP contribution is -2.45. The molecule has 0 spiro atoms. The van der Waals surface area contributed by atoms with Crippen molar-refractivity contribution in [1.82, 2.24) is 20.1 Å². The molecule has 7 nitrogen and oxygen atoms in total. The van der Waals surface area contributed by atoms with Crippen molar-refractivity contribution in [2.75, 3.05) is 19.6 Å². The van der Waals surface area contributed by atoms with Crippen LogP contribution in [0.25, 0.3) is 0 Å². The summed E-state index contributed by atoms with van der Waals surface area (Å²) in [5, 5.41) is 12.6. The van der Waals surface area contributed by atoms with Gasteiger partial charge in [0, 0.05) is 50.3 Å². The van der Waals surface area contributed by atoms with E-state index in [-0.39, 0.29) is 11.8 Å². The number of carbonyl (C=O) groups is 2. The molecule has 0 unspecified atom stereocenters. The van der Waals surface area contributed by atoms with Crippen molar-refractivity contribution < 1.29 is 9.59 Å². The fourth-order valence-electron chi connectivity index (χ4n) is 3.09. The third-order valence-corrected chi connectivity index (χ3v) is 4.32. The largest absolute Gasteiger partial charge is 0.337 e. The number of piperidine rings is 1. The first-order chi connectivity index (χ1) is 10.7. The number of nitrogens with zero attached hydrogens (tertiary/aromatic N) is 4. The maximum Gasteiger partial charge on any atom is 0.270 e. The second kappa shape index (κ2) is 6.29. The topological polar surface area (TPSA) is 81.7 Å². The molecule has 1 N–H and O–H groups in total. The van der Waals surface area contributed by atoms with Crippen molar-refractivity contribution in [2.45, 2.75) is 38.5 Å². The Labute approximate surface area is 129 Å². The highest BCUT2D eigenvalue weighted by molar-refractivity contribution is 6.39. The number of nitrogens with one attached hydrogen (secondary N) is 1. The van der Waals surface area contributed by atoms with Gasteiger partial charge in [-0.1, -0.05) is 0 Å². The minimum absolute atomic E-state index is 0.00645. The van der Waals surface area contributed by atoms with Crippen LogP contribution < -0.4 is 0 Å². The Hall–Kier alpha value is -2.18. The lowest BCUT2D eigenvalue weighted by atomic mass is 9.94. The van der Waals surface area contributed by atoms with Gasteiger partial charge in [-0.05, 0) is 25.8 Å². The third-order valence-electron chi connectivity index (χ3n) is 4.32. The quantitative estimate of drug-likeness (QED) is 0.908. The van der Waals surface area contributed by atoms with E-state index in [4.69, 9.17) is 0 Å². The average Bonchev–Trinajstić information content (AvgIpc) is 3.09. The highest BCUT2D eigenvalue weighted by Crippen LogP contribution is 2.26. The highest BCUT2D eigenvalue weighted by Gasteiger charge is 2.30. The number of hydrogen-bond donors (Lipinski definition) is 1. The molecule has 0 saturated carbocycles. The van der Waals surface area contributed by atoms with Crippen LogP contribution in [0.3, 0.4) is 0 Å². The summed E-state index contributed by atoms with van der Waals surface area (Å²) >= 11 is 0. The molecular weight excluding hydrogens is 282 g/mol. The first-order valence-corrected chi connectivity index (χ1v) is 7.85. The molecular formula is C15H21N5O2. The van der Waals surface area contributed by atoms with E-state index in [1.54, 1.807) is 6.20 Å². The van der Waals surface area contributed by atoms with Crippen molar-refractivity contribution in [3.8, 4) is 0 Å². The summed E-state index contributed by atoms with van der Waals surface area (Å²) in [6, 6.07) is 1.97. The zero-order chi connectivity index (χ0) is 15.5. The highest BCUT2D eigenvalue weighted by atomic mass is 16.2. The molecule has 1 saturated heterocycles. The molecule has 3 heterocycles. The molecule has 22 heavy (non-hydrogen) atoms. The molecule has 0 aliphatic carbocycles. The molecule has 1 fully saturated rings. The van der Waals surface area contributed by atoms with E-state index >= 15 is 0 Å². The SMILES string of the molecule is CCN1N=C(C(=O)N2CCC[C@@H](c3ccn[nH]3)C2)CCC1=O. The van der Waals surface area contributed by atoms with Gasteiger partial charge in [0.1, 0.15) is 5.71 Å². The molecule has 0 radical (unpaired) electrons. The monoisotopic (exact) mass is 303 g/mol. The summed E-state index contributed by atoms with van der Waals surface area (Å²) in [5.74, 6) is 0.261. The maximum absolute atomic E-state index is 12.7. The molecule has 3 rings (SSSR count). The van der Waals surface area contributed by atoms with Crippen LogP contribution in [0.4, 0.5) is 0 Å². The van der Waals surface area contributed by atoms with Gasteiger partial charge < -0.3 is 4.90 Å². The minimum Gasteiger partial charge on any atom is -0.337 e. The Morgan fingerprint density at radius 1 is 1.45 bits per heavy atom. The van der Waals surface area contributed by atoms with Crippen molar-refractivity contribution in [3.05, 3.63) is 18.0 Å². The third kappa shape index (κ3) is 2.88. The second-order valence-electron chi connectivity index (χ2n) is 5.76. The molecule has 0 aromatic carbocycles. The van der Waals surface area contributed by atoms with Gasteiger partial charge in [0.25, 0.3) is 5.91 Å². The molecule has 1 aromatic rings. The maximum atomic E-state index is 12.7. The van der Waals surface area contributed by atoms with Gasteiger partial charge in [-0.25, -0.2) is 5.01 Å². The van der Waals surface area contributed by atoms with Crippen LogP contribution in [0.2, 0.25) is 0 Å². The van der Waals surface area contributed by atoms with Crippen LogP contribution in [0, 0.1) is 0 Å². The van der Waals surface area contributed by atoms with Gasteiger partial charge in [0.15, 0.2) is 0 Å². The first-order valence-electron chi connectivity index (χ1n) is 7.85. The predicted molar refractivity (Wildman–Crippen MR) is 81.2 cm³/mol. The summed E-state index contributed by atoms with van der Waals surface area (Å²) in [6.45, 7) is 3.80. The average molecular weight is 303 g/mol. The molecule has 1 atom stereocenters. The van der Waals surface area contributed by atoms with E-state index in [0.717, 1.165) is 25.1 Å². The summed E-state index contributed by atoms with van der Waals surface area (Å²) in [5.41, 5.74) is 1.58. The number of hydrogen-bond acceptors (Lipinski definition) is 4. The Morgan fingerprint density at radius 2 is 2.32 bits per heavy atom. The fraction of sp³-hybridized carbons (Fsp3) is 0.600. The molecule has 2 aliphatic rings. The molecule has 2 aliphatic heterocycles. The Kier molecular flexibility index (Phi) is 4.22. The smallest absolute Gasteiger partial charge is 0.270 e. The Bertz CT molecular complexity index is 581. The van der Waals surface area contributed by atoms with E-state index in [2.05, 4.69) is 15.3 Å². The lowest BCUT2D eigenvalue weighted by Gasteiger charge is -2.33. The summed E-state index contributed by atoms with van der Waals surface area (Å²) in [4.78, 5) is 26.2. The number of amides is 2. The molecule has 0 bridgehead atoms. The molecule has 7 heteroatoms. The van der Waals surface area contributed by atoms with E-state index in [1.165, 1.54) is 5.01 Å². The van der Waals surface area contributed by atoms with Crippen LogP contribution in [0.1, 0.15) is 44.2 Å². The van der Waals surface area contributed by atoms with E-state index in [9.17, 15) is 9.59 Å². The molecule has 118 valence electrons. The van der Waals surface area contributed by atoms with Crippen LogP contribution in [0.15, 0.2) is 17.4 Å². The first kappa shape index (κ1) is 14.7. The minimum atomic E-state index is -0.0323. The van der Waals surface area contributed by atoms with Crippen molar-refractivity contribution >= 4 is 17.5 Å². The fourth-order valence-corrected chi connectivity index (χ4v) is 3.09. The summed E-state index contributed by atoms with van der Waals surface area (Å²) < 4.78 is 0. The number of carbonyl (C=O) groups excluding carboxylic acids is 2. The van der Waals surface area contributed by atoms with Crippen molar-refractivity contribution in [1.29, 1.82) is 0 Å². The van der Waals surface area contributed by atoms with Gasteiger partial charge in [-0.2, -0.15) is 10.2 Å². The van der Waals surface area contributed by atoms with Crippen LogP contribution in [-0.2, 0) is 9.59 Å². The molecule has 2 amide bonds.